The average molecular weight is 184 g/mol. The van der Waals surface area contributed by atoms with Crippen LogP contribution in [0.1, 0.15) is 51.4 Å². The Morgan fingerprint density at radius 2 is 1.42 bits per heavy atom. The molecule has 1 heteroatoms. The molecule has 70 valence electrons. The Kier molecular flexibility index (Phi) is 3.00. The lowest BCUT2D eigenvalue weighted by atomic mass is 9.79. The summed E-state index contributed by atoms with van der Waals surface area (Å²) in [5.74, 6) is 2.13. The van der Waals surface area contributed by atoms with Crippen LogP contribution < -0.4 is 0 Å². The molecule has 0 aromatic heterocycles. The van der Waals surface area contributed by atoms with Gasteiger partial charge in [0.1, 0.15) is 0 Å². The zero-order valence-electron chi connectivity index (χ0n) is 7.84. The van der Waals surface area contributed by atoms with Crippen molar-refractivity contribution < 1.29 is 0 Å². The van der Waals surface area contributed by atoms with Gasteiger partial charge in [-0.25, -0.2) is 0 Å². The van der Waals surface area contributed by atoms with Gasteiger partial charge in [0.2, 0.25) is 0 Å². The van der Waals surface area contributed by atoms with Gasteiger partial charge in [-0.2, -0.15) is 12.6 Å². The second-order valence-corrected chi connectivity index (χ2v) is 5.36. The van der Waals surface area contributed by atoms with Crippen molar-refractivity contribution in [2.45, 2.75) is 56.6 Å². The molecule has 0 heterocycles. The molecule has 0 amide bonds. The lowest BCUT2D eigenvalue weighted by Crippen LogP contribution is -2.21. The molecule has 2 rings (SSSR count). The van der Waals surface area contributed by atoms with Crippen LogP contribution in [0.15, 0.2) is 0 Å². The highest BCUT2D eigenvalue weighted by atomic mass is 32.1. The van der Waals surface area contributed by atoms with Gasteiger partial charge in [0, 0.05) is 5.25 Å². The molecule has 0 nitrogen and oxygen atoms in total. The van der Waals surface area contributed by atoms with Crippen molar-refractivity contribution >= 4 is 12.6 Å². The van der Waals surface area contributed by atoms with E-state index >= 15 is 0 Å². The Morgan fingerprint density at radius 3 is 2.08 bits per heavy atom. The van der Waals surface area contributed by atoms with Crippen LogP contribution in [0.25, 0.3) is 0 Å². The highest BCUT2D eigenvalue weighted by Gasteiger charge is 2.28. The van der Waals surface area contributed by atoms with Crippen molar-refractivity contribution in [3.05, 3.63) is 0 Å². The topological polar surface area (TPSA) is 0 Å². The maximum Gasteiger partial charge on any atom is 0.00195 e. The van der Waals surface area contributed by atoms with Gasteiger partial charge in [-0.1, -0.05) is 38.5 Å². The summed E-state index contributed by atoms with van der Waals surface area (Å²) in [4.78, 5) is 0. The molecule has 2 saturated carbocycles. The Labute approximate surface area is 81.5 Å². The van der Waals surface area contributed by atoms with Gasteiger partial charge in [-0.3, -0.25) is 0 Å². The van der Waals surface area contributed by atoms with E-state index in [1.165, 1.54) is 51.4 Å². The van der Waals surface area contributed by atoms with Crippen molar-refractivity contribution in [3.8, 4) is 0 Å². The van der Waals surface area contributed by atoms with Gasteiger partial charge in [0.25, 0.3) is 0 Å². The molecule has 0 aromatic rings. The number of thiol groups is 1. The first-order valence-electron chi connectivity index (χ1n) is 5.54. The fourth-order valence-electron chi connectivity index (χ4n) is 3.06. The lowest BCUT2D eigenvalue weighted by molar-refractivity contribution is 0.257. The lowest BCUT2D eigenvalue weighted by Gasteiger charge is -2.30. The first kappa shape index (κ1) is 8.93. The van der Waals surface area contributed by atoms with Gasteiger partial charge < -0.3 is 0 Å². The summed E-state index contributed by atoms with van der Waals surface area (Å²) in [7, 11) is 0. The fraction of sp³-hybridized carbons (Fsp3) is 1.00. The predicted octanol–water partition coefficient (Wildman–Crippen LogP) is 3.67. The molecule has 0 spiro atoms. The van der Waals surface area contributed by atoms with E-state index in [-0.39, 0.29) is 0 Å². The molecule has 2 aliphatic carbocycles. The number of rotatable bonds is 1. The molecule has 0 saturated heterocycles. The van der Waals surface area contributed by atoms with Gasteiger partial charge in [-0.05, 0) is 24.7 Å². The maximum atomic E-state index is 4.61. The van der Waals surface area contributed by atoms with Crippen LogP contribution in [0.4, 0.5) is 0 Å². The molecule has 12 heavy (non-hydrogen) atoms. The molecular weight excluding hydrogens is 164 g/mol. The SMILES string of the molecule is S[C@H]1CCCC(C2CCCC2)C1. The minimum Gasteiger partial charge on any atom is -0.176 e. The summed E-state index contributed by atoms with van der Waals surface area (Å²) in [6.45, 7) is 0. The zero-order chi connectivity index (χ0) is 8.39. The summed E-state index contributed by atoms with van der Waals surface area (Å²) in [6.07, 6.45) is 11.8. The standard InChI is InChI=1S/C11H20S/c12-11-7-3-6-10(8-11)9-4-1-2-5-9/h9-12H,1-8H2/t10?,11-/m0/s1. The Morgan fingerprint density at radius 1 is 0.750 bits per heavy atom. The van der Waals surface area contributed by atoms with E-state index in [2.05, 4.69) is 12.6 Å². The normalized spacial score (nSPS) is 38.8. The van der Waals surface area contributed by atoms with Crippen LogP contribution >= 0.6 is 12.6 Å². The molecular formula is C11H20S. The first-order chi connectivity index (χ1) is 5.86. The Hall–Kier alpha value is 0.350. The summed E-state index contributed by atoms with van der Waals surface area (Å²) >= 11 is 4.61. The second-order valence-electron chi connectivity index (χ2n) is 4.63. The highest BCUT2D eigenvalue weighted by molar-refractivity contribution is 7.80. The third-order valence-corrected chi connectivity index (χ3v) is 4.22. The third-order valence-electron chi connectivity index (χ3n) is 3.75. The molecule has 2 aliphatic rings. The van der Waals surface area contributed by atoms with E-state index in [4.69, 9.17) is 0 Å². The summed E-state index contributed by atoms with van der Waals surface area (Å²) in [5.41, 5.74) is 0. The molecule has 2 atom stereocenters. The van der Waals surface area contributed by atoms with E-state index in [0.717, 1.165) is 17.1 Å². The van der Waals surface area contributed by atoms with Crippen LogP contribution in [0, 0.1) is 11.8 Å². The minimum atomic E-state index is 0.726. The molecule has 0 aromatic carbocycles. The molecule has 1 unspecified atom stereocenters. The average Bonchev–Trinajstić information content (AvgIpc) is 2.56. The largest absolute Gasteiger partial charge is 0.176 e. The van der Waals surface area contributed by atoms with Crippen molar-refractivity contribution in [1.29, 1.82) is 0 Å². The van der Waals surface area contributed by atoms with E-state index in [9.17, 15) is 0 Å². The monoisotopic (exact) mass is 184 g/mol. The molecule has 0 bridgehead atoms. The minimum absolute atomic E-state index is 0.726. The van der Waals surface area contributed by atoms with Gasteiger partial charge in [0.15, 0.2) is 0 Å². The van der Waals surface area contributed by atoms with Crippen molar-refractivity contribution in [1.82, 2.24) is 0 Å². The van der Waals surface area contributed by atoms with Crippen LogP contribution in [-0.4, -0.2) is 5.25 Å². The van der Waals surface area contributed by atoms with Crippen LogP contribution in [0.3, 0.4) is 0 Å². The Bertz CT molecular complexity index is 138. The van der Waals surface area contributed by atoms with E-state index < -0.39 is 0 Å². The van der Waals surface area contributed by atoms with Crippen molar-refractivity contribution in [2.75, 3.05) is 0 Å². The van der Waals surface area contributed by atoms with Crippen LogP contribution in [0.2, 0.25) is 0 Å². The molecule has 0 N–H and O–H groups in total. The van der Waals surface area contributed by atoms with Gasteiger partial charge in [-0.15, -0.1) is 0 Å². The Balaban J connectivity index is 1.85. The molecule has 2 fully saturated rings. The smallest absolute Gasteiger partial charge is 0.00195 e. The number of hydrogen-bond donors (Lipinski definition) is 1. The van der Waals surface area contributed by atoms with E-state index in [1.807, 2.05) is 0 Å². The van der Waals surface area contributed by atoms with Crippen LogP contribution in [-0.2, 0) is 0 Å². The van der Waals surface area contributed by atoms with Crippen molar-refractivity contribution in [2.24, 2.45) is 11.8 Å². The first-order valence-corrected chi connectivity index (χ1v) is 6.06. The summed E-state index contributed by atoms with van der Waals surface area (Å²) in [6, 6.07) is 0. The maximum absolute atomic E-state index is 4.61. The quantitative estimate of drug-likeness (QED) is 0.591. The highest BCUT2D eigenvalue weighted by Crippen LogP contribution is 2.40. The van der Waals surface area contributed by atoms with Crippen LogP contribution in [0.5, 0.6) is 0 Å². The van der Waals surface area contributed by atoms with Crippen molar-refractivity contribution in [3.63, 3.8) is 0 Å². The van der Waals surface area contributed by atoms with Gasteiger partial charge in [0.05, 0.1) is 0 Å². The zero-order valence-corrected chi connectivity index (χ0v) is 8.73. The fourth-order valence-corrected chi connectivity index (χ4v) is 3.51. The summed E-state index contributed by atoms with van der Waals surface area (Å²) in [5, 5.41) is 0.726. The predicted molar refractivity (Wildman–Crippen MR) is 56.7 cm³/mol. The van der Waals surface area contributed by atoms with E-state index in [0.29, 0.717) is 0 Å². The molecule has 0 radical (unpaired) electrons. The number of hydrogen-bond acceptors (Lipinski definition) is 1. The second kappa shape index (κ2) is 4.04. The molecule has 0 aliphatic heterocycles. The third kappa shape index (κ3) is 1.99. The van der Waals surface area contributed by atoms with Gasteiger partial charge >= 0.3 is 0 Å². The summed E-state index contributed by atoms with van der Waals surface area (Å²) < 4.78 is 0. The van der Waals surface area contributed by atoms with E-state index in [1.54, 1.807) is 0 Å².